The van der Waals surface area contributed by atoms with Gasteiger partial charge in [-0.05, 0) is 55.3 Å². The Morgan fingerprint density at radius 3 is 2.36 bits per heavy atom. The normalized spacial score (nSPS) is 22.8. The Labute approximate surface area is 305 Å². The van der Waals surface area contributed by atoms with E-state index < -0.39 is 69.7 Å². The first-order valence-corrected chi connectivity index (χ1v) is 18.1. The predicted octanol–water partition coefficient (Wildman–Crippen LogP) is 6.27. The number of piperazine rings is 1. The first kappa shape index (κ1) is 38.5. The van der Waals surface area contributed by atoms with E-state index in [0.29, 0.717) is 55.1 Å². The summed E-state index contributed by atoms with van der Waals surface area (Å²) in [6, 6.07) is 4.05. The van der Waals surface area contributed by atoms with Gasteiger partial charge in [-0.25, -0.2) is 4.39 Å². The quantitative estimate of drug-likeness (QED) is 0.264. The molecule has 0 radical (unpaired) electrons. The fourth-order valence-corrected chi connectivity index (χ4v) is 8.22. The molecule has 3 atom stereocenters. The largest absolute Gasteiger partial charge is 0.474 e. The van der Waals surface area contributed by atoms with Crippen LogP contribution in [-0.2, 0) is 34.9 Å². The summed E-state index contributed by atoms with van der Waals surface area (Å²) in [5.74, 6) is -3.20. The molecule has 53 heavy (non-hydrogen) atoms. The van der Waals surface area contributed by atoms with Crippen molar-refractivity contribution in [2.24, 2.45) is 0 Å². The average molecular weight is 770 g/mol. The van der Waals surface area contributed by atoms with Crippen molar-refractivity contribution in [3.05, 3.63) is 81.1 Å². The van der Waals surface area contributed by atoms with Crippen molar-refractivity contribution in [2.45, 2.75) is 75.6 Å². The van der Waals surface area contributed by atoms with Gasteiger partial charge in [0.25, 0.3) is 11.8 Å². The van der Waals surface area contributed by atoms with Gasteiger partial charge in [0.05, 0.1) is 11.6 Å². The number of hydrogen-bond acceptors (Lipinski definition) is 7. The lowest BCUT2D eigenvalue weighted by molar-refractivity contribution is -0.167. The van der Waals surface area contributed by atoms with Gasteiger partial charge in [0, 0.05) is 69.8 Å². The number of piperidine rings is 1. The molecule has 2 saturated heterocycles. The third kappa shape index (κ3) is 7.72. The van der Waals surface area contributed by atoms with Gasteiger partial charge in [0.1, 0.15) is 28.2 Å². The number of alkyl halides is 6. The second kappa shape index (κ2) is 14.9. The molecule has 286 valence electrons. The molecular formula is C36H38F7N5O4S. The van der Waals surface area contributed by atoms with Crippen molar-refractivity contribution >= 4 is 29.1 Å². The molecule has 0 aliphatic carbocycles. The molecule has 3 aromatic rings. The minimum atomic E-state index is -4.94. The zero-order valence-electron chi connectivity index (χ0n) is 29.0. The molecule has 3 aliphatic heterocycles. The fraction of sp³-hybridized carbons (Fsp3) is 0.500. The fourth-order valence-electron chi connectivity index (χ4n) is 7.54. The van der Waals surface area contributed by atoms with Crippen LogP contribution >= 0.6 is 11.3 Å². The Morgan fingerprint density at radius 2 is 1.70 bits per heavy atom. The first-order valence-electron chi connectivity index (χ1n) is 17.3. The zero-order valence-corrected chi connectivity index (χ0v) is 29.8. The highest BCUT2D eigenvalue weighted by Crippen LogP contribution is 2.43. The van der Waals surface area contributed by atoms with Crippen LogP contribution in [-0.4, -0.2) is 99.8 Å². The topological polar surface area (TPSA) is 86.3 Å². The van der Waals surface area contributed by atoms with Crippen LogP contribution in [0.3, 0.4) is 0 Å². The van der Waals surface area contributed by atoms with Gasteiger partial charge in [-0.2, -0.15) is 26.3 Å². The number of fused-ring (bicyclic) bond motifs is 1. The van der Waals surface area contributed by atoms with E-state index in [2.05, 4.69) is 4.98 Å². The number of halogens is 7. The highest BCUT2D eigenvalue weighted by atomic mass is 32.1. The van der Waals surface area contributed by atoms with E-state index in [1.165, 1.54) is 23.1 Å². The molecule has 6 rings (SSSR count). The van der Waals surface area contributed by atoms with E-state index in [1.54, 1.807) is 11.8 Å². The van der Waals surface area contributed by atoms with Gasteiger partial charge in [-0.1, -0.05) is 19.4 Å². The highest BCUT2D eigenvalue weighted by molar-refractivity contribution is 7.10. The Bertz CT molecular complexity index is 1840. The molecule has 17 heteroatoms. The van der Waals surface area contributed by atoms with Crippen molar-refractivity contribution in [2.75, 3.05) is 39.8 Å². The molecule has 5 heterocycles. The van der Waals surface area contributed by atoms with E-state index in [-0.39, 0.29) is 44.5 Å². The monoisotopic (exact) mass is 769 g/mol. The number of pyridine rings is 1. The molecule has 2 fully saturated rings. The second-order valence-corrected chi connectivity index (χ2v) is 14.5. The summed E-state index contributed by atoms with van der Waals surface area (Å²) >= 11 is 0.340. The molecule has 0 bridgehead atoms. The molecule has 0 N–H and O–H groups in total. The number of carbonyl (C=O) groups excluding carboxylic acids is 3. The number of ether oxygens (including phenoxy) is 1. The van der Waals surface area contributed by atoms with Gasteiger partial charge < -0.3 is 24.3 Å². The van der Waals surface area contributed by atoms with Crippen LogP contribution in [0.25, 0.3) is 0 Å². The van der Waals surface area contributed by atoms with Crippen molar-refractivity contribution in [1.82, 2.24) is 24.6 Å². The minimum absolute atomic E-state index is 0.00857. The zero-order chi connectivity index (χ0) is 38.3. The van der Waals surface area contributed by atoms with Gasteiger partial charge in [0.15, 0.2) is 0 Å². The van der Waals surface area contributed by atoms with Gasteiger partial charge in [0.2, 0.25) is 11.5 Å². The van der Waals surface area contributed by atoms with Gasteiger partial charge in [-0.3, -0.25) is 19.4 Å². The maximum absolute atomic E-state index is 15.4. The maximum Gasteiger partial charge on any atom is 0.425 e. The van der Waals surface area contributed by atoms with Crippen LogP contribution < -0.4 is 4.74 Å². The summed E-state index contributed by atoms with van der Waals surface area (Å²) in [6.45, 7) is 3.28. The third-order valence-corrected chi connectivity index (χ3v) is 11.1. The number of likely N-dealkylation sites (N-methyl/N-ethyl adjacent to an activating group) is 1. The lowest BCUT2D eigenvalue weighted by Gasteiger charge is -2.51. The summed E-state index contributed by atoms with van der Waals surface area (Å²) in [7, 11) is 1.90. The van der Waals surface area contributed by atoms with Crippen molar-refractivity contribution in [3.63, 3.8) is 0 Å². The van der Waals surface area contributed by atoms with E-state index >= 15 is 4.79 Å². The summed E-state index contributed by atoms with van der Waals surface area (Å²) in [5.41, 5.74) is -3.28. The smallest absolute Gasteiger partial charge is 0.425 e. The van der Waals surface area contributed by atoms with E-state index in [0.717, 1.165) is 34.7 Å². The highest BCUT2D eigenvalue weighted by Gasteiger charge is 2.58. The number of nitrogens with zero attached hydrogens (tertiary/aromatic N) is 5. The standard InChI is InChI=1S/C36H38F7N5O4S/c1-3-6-28-34(52-25-19-29(53-21-25)36(41,42)43,10-5-12-47(28)32(50)30-26(35(38,39)40)7-4-11-44-30)33(51)48-20-22-8-9-24(37)17-23(22)18-27(48)31(49)46-15-13-45(2)14-16-46/h4,7-9,11,17,19,21,27-28H,3,5-6,10,12-16,18,20H2,1-2H3/t27-,28+,34+/m0/s1. The van der Waals surface area contributed by atoms with Crippen molar-refractivity contribution in [3.8, 4) is 5.75 Å². The van der Waals surface area contributed by atoms with Crippen LogP contribution in [0.2, 0.25) is 0 Å². The molecule has 2 aromatic heterocycles. The minimum Gasteiger partial charge on any atom is -0.474 e. The molecule has 0 spiro atoms. The number of carbonyl (C=O) groups is 3. The lowest BCUT2D eigenvalue weighted by atomic mass is 9.78. The van der Waals surface area contributed by atoms with Crippen LogP contribution in [0.5, 0.6) is 5.75 Å². The first-order chi connectivity index (χ1) is 25.0. The third-order valence-electron chi connectivity index (χ3n) is 10.2. The van der Waals surface area contributed by atoms with Crippen LogP contribution in [0.1, 0.15) is 64.7 Å². The van der Waals surface area contributed by atoms with Crippen LogP contribution in [0.4, 0.5) is 30.7 Å². The summed E-state index contributed by atoms with van der Waals surface area (Å²) < 4.78 is 105. The Hall–Kier alpha value is -4.25. The van der Waals surface area contributed by atoms with Crippen LogP contribution in [0.15, 0.2) is 48.0 Å². The number of benzene rings is 1. The van der Waals surface area contributed by atoms with E-state index in [9.17, 15) is 40.3 Å². The van der Waals surface area contributed by atoms with Crippen molar-refractivity contribution < 1.29 is 49.9 Å². The predicted molar refractivity (Wildman–Crippen MR) is 179 cm³/mol. The number of thiophene rings is 1. The number of aromatic nitrogens is 1. The number of likely N-dealkylation sites (tertiary alicyclic amines) is 1. The molecule has 9 nitrogen and oxygen atoms in total. The molecular weight excluding hydrogens is 731 g/mol. The van der Waals surface area contributed by atoms with E-state index in [1.807, 2.05) is 11.9 Å². The molecule has 0 saturated carbocycles. The number of amides is 3. The summed E-state index contributed by atoms with van der Waals surface area (Å²) in [6.07, 6.45) is -8.51. The summed E-state index contributed by atoms with van der Waals surface area (Å²) in [4.78, 5) is 52.7. The second-order valence-electron chi connectivity index (χ2n) is 13.6. The van der Waals surface area contributed by atoms with Gasteiger partial charge in [-0.15, -0.1) is 11.3 Å². The van der Waals surface area contributed by atoms with Crippen LogP contribution in [0, 0.1) is 5.82 Å². The molecule has 0 unspecified atom stereocenters. The molecule has 3 aliphatic rings. The van der Waals surface area contributed by atoms with Crippen molar-refractivity contribution in [1.29, 1.82) is 0 Å². The molecule has 1 aromatic carbocycles. The Kier molecular flexibility index (Phi) is 10.8. The molecule has 3 amide bonds. The average Bonchev–Trinajstić information content (AvgIpc) is 3.60. The Balaban J connectivity index is 1.48. The number of hydrogen-bond donors (Lipinski definition) is 0. The lowest BCUT2D eigenvalue weighted by Crippen LogP contribution is -2.70. The number of rotatable bonds is 7. The van der Waals surface area contributed by atoms with E-state index in [4.69, 9.17) is 4.74 Å². The summed E-state index contributed by atoms with van der Waals surface area (Å²) in [5, 5.41) is 1.09. The SMILES string of the molecule is CCC[C@H]1N(C(=O)c2ncccc2C(F)(F)F)CCC[C@]1(Oc1csc(C(F)(F)F)c1)C(=O)N1Cc2ccc(F)cc2C[C@H]1C(=O)N1CCN(C)CC1. The Morgan fingerprint density at radius 1 is 0.962 bits per heavy atom. The maximum atomic E-state index is 15.4. The van der Waals surface area contributed by atoms with Gasteiger partial charge >= 0.3 is 12.4 Å².